The lowest BCUT2D eigenvalue weighted by atomic mass is 9.96. The van der Waals surface area contributed by atoms with Crippen molar-refractivity contribution in [3.8, 4) is 0 Å². The molecule has 30 heavy (non-hydrogen) atoms. The number of aliphatic hydroxyl groups is 1. The lowest BCUT2D eigenvalue weighted by Crippen LogP contribution is -3.12. The minimum absolute atomic E-state index is 0.0316. The Morgan fingerprint density at radius 2 is 1.70 bits per heavy atom. The molecule has 2 aromatic carbocycles. The van der Waals surface area contributed by atoms with Gasteiger partial charge in [-0.15, -0.1) is 0 Å². The summed E-state index contributed by atoms with van der Waals surface area (Å²) in [6, 6.07) is 16.9. The summed E-state index contributed by atoms with van der Waals surface area (Å²) in [6.45, 7) is 2.07. The van der Waals surface area contributed by atoms with E-state index in [1.165, 1.54) is 16.0 Å². The third-order valence-corrected chi connectivity index (χ3v) is 5.63. The zero-order chi connectivity index (χ0) is 21.5. The Hall–Kier alpha value is -2.90. The van der Waals surface area contributed by atoms with Gasteiger partial charge in [-0.1, -0.05) is 36.4 Å². The molecule has 0 spiro atoms. The molecule has 3 rings (SSSR count). The molecule has 0 aromatic heterocycles. The fourth-order valence-corrected chi connectivity index (χ4v) is 3.93. The first-order chi connectivity index (χ1) is 14.5. The summed E-state index contributed by atoms with van der Waals surface area (Å²) in [5.41, 5.74) is 4.96. The molecule has 2 amide bonds. The number of nitrogens with zero attached hydrogens (tertiary/aromatic N) is 1. The van der Waals surface area contributed by atoms with Crippen LogP contribution in [0, 0.1) is 0 Å². The number of carbonyl (C=O) groups excluding carboxylic acids is 2. The van der Waals surface area contributed by atoms with Crippen LogP contribution >= 0.6 is 0 Å². The minimum Gasteiger partial charge on any atom is -0.395 e. The first-order valence-electron chi connectivity index (χ1n) is 10.3. The van der Waals surface area contributed by atoms with Crippen molar-refractivity contribution < 1.29 is 19.6 Å². The summed E-state index contributed by atoms with van der Waals surface area (Å²) in [7, 11) is 4.01. The van der Waals surface area contributed by atoms with E-state index in [-0.39, 0.29) is 19.2 Å². The molecule has 0 fully saturated rings. The molecule has 160 valence electrons. The second kappa shape index (κ2) is 10.2. The maximum Gasteiger partial charge on any atom is 0.309 e. The largest absolute Gasteiger partial charge is 0.395 e. The van der Waals surface area contributed by atoms with Gasteiger partial charge in [0.15, 0.2) is 0 Å². The Labute approximate surface area is 177 Å². The highest BCUT2D eigenvalue weighted by Crippen LogP contribution is 2.18. The number of fused-ring (bicyclic) bond motifs is 1. The van der Waals surface area contributed by atoms with Crippen LogP contribution in [0.15, 0.2) is 48.5 Å². The number of carbonyl (C=O) groups is 2. The smallest absolute Gasteiger partial charge is 0.309 e. The number of aliphatic hydroxyl groups excluding tert-OH is 1. The van der Waals surface area contributed by atoms with Crippen LogP contribution in [0.1, 0.15) is 22.7 Å². The molecule has 1 unspecified atom stereocenters. The van der Waals surface area contributed by atoms with Crippen LogP contribution in [0.25, 0.3) is 0 Å². The molecule has 1 aliphatic rings. The Balaban J connectivity index is 1.77. The van der Waals surface area contributed by atoms with Crippen molar-refractivity contribution in [3.63, 3.8) is 0 Å². The first kappa shape index (κ1) is 21.8. The molecule has 0 saturated carbocycles. The van der Waals surface area contributed by atoms with Gasteiger partial charge >= 0.3 is 11.8 Å². The van der Waals surface area contributed by atoms with Gasteiger partial charge < -0.3 is 25.5 Å². The zero-order valence-corrected chi connectivity index (χ0v) is 17.6. The van der Waals surface area contributed by atoms with Gasteiger partial charge in [0.05, 0.1) is 19.7 Å². The quantitative estimate of drug-likeness (QED) is 0.470. The summed E-state index contributed by atoms with van der Waals surface area (Å²) >= 11 is 0. The van der Waals surface area contributed by atoms with E-state index in [1.54, 1.807) is 0 Å². The van der Waals surface area contributed by atoms with Gasteiger partial charge in [-0.25, -0.2) is 0 Å². The van der Waals surface area contributed by atoms with Gasteiger partial charge in [0, 0.05) is 43.9 Å². The molecule has 2 aromatic rings. The molecule has 1 heterocycles. The predicted octanol–water partition coefficient (Wildman–Crippen LogP) is -0.340. The Bertz CT molecular complexity index is 867. The van der Waals surface area contributed by atoms with Crippen molar-refractivity contribution in [2.45, 2.75) is 19.0 Å². The van der Waals surface area contributed by atoms with Crippen LogP contribution in [0.4, 0.5) is 5.69 Å². The van der Waals surface area contributed by atoms with Crippen LogP contribution in [-0.2, 0) is 22.6 Å². The van der Waals surface area contributed by atoms with Crippen LogP contribution in [0.2, 0.25) is 0 Å². The molecule has 7 heteroatoms. The minimum atomic E-state index is -0.718. The van der Waals surface area contributed by atoms with E-state index in [1.807, 2.05) is 14.1 Å². The maximum absolute atomic E-state index is 12.2. The highest BCUT2D eigenvalue weighted by molar-refractivity contribution is 6.35. The topological polar surface area (TPSA) is 86.1 Å². The van der Waals surface area contributed by atoms with Crippen molar-refractivity contribution in [2.24, 2.45) is 0 Å². The van der Waals surface area contributed by atoms with Crippen molar-refractivity contribution in [3.05, 3.63) is 65.2 Å². The summed E-state index contributed by atoms with van der Waals surface area (Å²) in [4.78, 5) is 27.5. The lowest BCUT2D eigenvalue weighted by Gasteiger charge is -2.33. The number of quaternary nitrogens is 1. The average molecular weight is 412 g/mol. The fourth-order valence-electron chi connectivity index (χ4n) is 3.93. The van der Waals surface area contributed by atoms with Crippen LogP contribution in [0.3, 0.4) is 0 Å². The average Bonchev–Trinajstić information content (AvgIpc) is 2.77. The van der Waals surface area contributed by atoms with Crippen LogP contribution in [-0.4, -0.2) is 57.3 Å². The number of rotatable bonds is 7. The van der Waals surface area contributed by atoms with Crippen molar-refractivity contribution in [1.82, 2.24) is 10.6 Å². The van der Waals surface area contributed by atoms with E-state index in [9.17, 15) is 9.59 Å². The molecular weight excluding hydrogens is 380 g/mol. The number of amides is 2. The van der Waals surface area contributed by atoms with E-state index >= 15 is 0 Å². The molecule has 0 radical (unpaired) electrons. The fraction of sp³-hybridized carbons (Fsp3) is 0.391. The highest BCUT2D eigenvalue weighted by Gasteiger charge is 2.29. The predicted molar refractivity (Wildman–Crippen MR) is 116 cm³/mol. The van der Waals surface area contributed by atoms with Gasteiger partial charge in [0.2, 0.25) is 0 Å². The van der Waals surface area contributed by atoms with E-state index in [2.05, 4.69) is 64.1 Å². The molecule has 0 aliphatic carbocycles. The zero-order valence-electron chi connectivity index (χ0n) is 17.6. The number of hydrogen-bond acceptors (Lipinski definition) is 4. The number of nitrogens with one attached hydrogen (secondary N) is 3. The standard InChI is InChI=1S/C23H30N4O3/c1-26(2)20-9-7-18(8-10-20)21(15-25-23(30)22(29)24-12-14-28)27-13-11-17-5-3-4-6-19(17)16-27/h3-10,21,28H,11-16H2,1-2H3,(H,24,29)(H,25,30)/p+1/t21-/m1/s1. The molecule has 0 saturated heterocycles. The van der Waals surface area contributed by atoms with Crippen LogP contribution in [0.5, 0.6) is 0 Å². The van der Waals surface area contributed by atoms with E-state index in [0.717, 1.165) is 30.8 Å². The van der Waals surface area contributed by atoms with Gasteiger partial charge in [0.1, 0.15) is 12.6 Å². The summed E-state index contributed by atoms with van der Waals surface area (Å²) < 4.78 is 0. The molecular formula is C23H31N4O3+. The first-order valence-corrected chi connectivity index (χ1v) is 10.3. The molecule has 1 aliphatic heterocycles. The molecule has 2 atom stereocenters. The third-order valence-electron chi connectivity index (χ3n) is 5.63. The third kappa shape index (κ3) is 5.37. The van der Waals surface area contributed by atoms with E-state index < -0.39 is 11.8 Å². The van der Waals surface area contributed by atoms with Gasteiger partial charge in [-0.3, -0.25) is 9.59 Å². The number of benzene rings is 2. The lowest BCUT2D eigenvalue weighted by molar-refractivity contribution is -0.945. The second-order valence-electron chi connectivity index (χ2n) is 7.83. The molecule has 4 N–H and O–H groups in total. The van der Waals surface area contributed by atoms with Crippen molar-refractivity contribution >= 4 is 17.5 Å². The SMILES string of the molecule is CN(C)c1ccc([C@@H](CNC(=O)C(=O)NCCO)[NH+]2CCc3ccccc3C2)cc1. The highest BCUT2D eigenvalue weighted by atomic mass is 16.3. The van der Waals surface area contributed by atoms with E-state index in [0.29, 0.717) is 6.54 Å². The second-order valence-corrected chi connectivity index (χ2v) is 7.83. The summed E-state index contributed by atoms with van der Waals surface area (Å²) in [5.74, 6) is -1.39. The molecule has 7 nitrogen and oxygen atoms in total. The van der Waals surface area contributed by atoms with E-state index in [4.69, 9.17) is 5.11 Å². The Morgan fingerprint density at radius 1 is 1.03 bits per heavy atom. The van der Waals surface area contributed by atoms with Crippen molar-refractivity contribution in [2.75, 3.05) is 45.2 Å². The summed E-state index contributed by atoms with van der Waals surface area (Å²) in [6.07, 6.45) is 0.989. The van der Waals surface area contributed by atoms with Crippen LogP contribution < -0.4 is 20.4 Å². The normalized spacial score (nSPS) is 16.3. The van der Waals surface area contributed by atoms with Gasteiger partial charge in [0.25, 0.3) is 0 Å². The van der Waals surface area contributed by atoms with Gasteiger partial charge in [-0.2, -0.15) is 0 Å². The molecule has 0 bridgehead atoms. The Morgan fingerprint density at radius 3 is 2.37 bits per heavy atom. The monoisotopic (exact) mass is 411 g/mol. The number of hydrogen-bond donors (Lipinski definition) is 4. The van der Waals surface area contributed by atoms with Gasteiger partial charge in [-0.05, 0) is 17.7 Å². The van der Waals surface area contributed by atoms with Crippen molar-refractivity contribution in [1.29, 1.82) is 0 Å². The summed E-state index contributed by atoms with van der Waals surface area (Å²) in [5, 5.41) is 14.0. The maximum atomic E-state index is 12.2. The number of anilines is 1. The Kier molecular flexibility index (Phi) is 7.43.